The first-order chi connectivity index (χ1) is 8.36. The van der Waals surface area contributed by atoms with Gasteiger partial charge in [-0.25, -0.2) is 0 Å². The predicted octanol–water partition coefficient (Wildman–Crippen LogP) is 3.88. The smallest absolute Gasteiger partial charge is 0.135 e. The molecule has 0 spiro atoms. The summed E-state index contributed by atoms with van der Waals surface area (Å²) >= 11 is 0. The van der Waals surface area contributed by atoms with Crippen LogP contribution in [-0.2, 0) is 9.53 Å². The standard InChI is InChI=1S/C15H26O2/c16-15(13-7-3-1-2-4-8-13)11-5-9-14-10-6-12-17-14/h13-14H,1-12H2. The van der Waals surface area contributed by atoms with E-state index < -0.39 is 0 Å². The molecule has 0 amide bonds. The maximum atomic E-state index is 12.1. The van der Waals surface area contributed by atoms with Crippen LogP contribution in [0, 0.1) is 5.92 Å². The summed E-state index contributed by atoms with van der Waals surface area (Å²) in [5.74, 6) is 0.923. The molecule has 1 heterocycles. The maximum absolute atomic E-state index is 12.1. The van der Waals surface area contributed by atoms with Crippen LogP contribution in [0.1, 0.15) is 70.6 Å². The van der Waals surface area contributed by atoms with Crippen molar-refractivity contribution in [1.29, 1.82) is 0 Å². The Morgan fingerprint density at radius 2 is 1.76 bits per heavy atom. The van der Waals surface area contributed by atoms with Gasteiger partial charge in [-0.05, 0) is 38.5 Å². The number of carbonyl (C=O) groups is 1. The lowest BCUT2D eigenvalue weighted by Crippen LogP contribution is -2.14. The second-order valence-corrected chi connectivity index (χ2v) is 5.68. The van der Waals surface area contributed by atoms with E-state index in [-0.39, 0.29) is 0 Å². The summed E-state index contributed by atoms with van der Waals surface area (Å²) in [4.78, 5) is 12.1. The molecule has 0 N–H and O–H groups in total. The first kappa shape index (κ1) is 13.1. The van der Waals surface area contributed by atoms with Crippen molar-refractivity contribution in [2.45, 2.75) is 76.7 Å². The molecular formula is C15H26O2. The van der Waals surface area contributed by atoms with Crippen LogP contribution < -0.4 is 0 Å². The molecule has 1 aliphatic carbocycles. The highest BCUT2D eigenvalue weighted by Crippen LogP contribution is 2.25. The number of Topliss-reactive ketones (excluding diaryl/α,β-unsaturated/α-hetero) is 1. The summed E-state index contributed by atoms with van der Waals surface area (Å²) < 4.78 is 5.59. The minimum Gasteiger partial charge on any atom is -0.378 e. The summed E-state index contributed by atoms with van der Waals surface area (Å²) in [6.45, 7) is 0.932. The molecule has 1 saturated heterocycles. The van der Waals surface area contributed by atoms with E-state index in [1.165, 1.54) is 38.5 Å². The van der Waals surface area contributed by atoms with E-state index in [2.05, 4.69) is 0 Å². The molecule has 0 aromatic rings. The fourth-order valence-corrected chi connectivity index (χ4v) is 3.18. The Hall–Kier alpha value is -0.370. The highest BCUT2D eigenvalue weighted by molar-refractivity contribution is 5.80. The predicted molar refractivity (Wildman–Crippen MR) is 69.0 cm³/mol. The van der Waals surface area contributed by atoms with Crippen molar-refractivity contribution in [3.8, 4) is 0 Å². The molecule has 0 aromatic carbocycles. The molecule has 17 heavy (non-hydrogen) atoms. The van der Waals surface area contributed by atoms with Gasteiger partial charge in [0.2, 0.25) is 0 Å². The number of ketones is 1. The van der Waals surface area contributed by atoms with Gasteiger partial charge in [0.05, 0.1) is 6.10 Å². The molecule has 0 aromatic heterocycles. The van der Waals surface area contributed by atoms with E-state index in [1.807, 2.05) is 0 Å². The van der Waals surface area contributed by atoms with Gasteiger partial charge in [0.15, 0.2) is 0 Å². The van der Waals surface area contributed by atoms with Crippen LogP contribution >= 0.6 is 0 Å². The third-order valence-corrected chi connectivity index (χ3v) is 4.28. The van der Waals surface area contributed by atoms with Crippen molar-refractivity contribution in [3.05, 3.63) is 0 Å². The van der Waals surface area contributed by atoms with E-state index in [9.17, 15) is 4.79 Å². The Balaban J connectivity index is 1.61. The molecule has 2 nitrogen and oxygen atoms in total. The highest BCUT2D eigenvalue weighted by Gasteiger charge is 2.20. The number of rotatable bonds is 5. The first-order valence-corrected chi connectivity index (χ1v) is 7.50. The van der Waals surface area contributed by atoms with Crippen LogP contribution in [0.4, 0.5) is 0 Å². The third-order valence-electron chi connectivity index (χ3n) is 4.28. The maximum Gasteiger partial charge on any atom is 0.135 e. The van der Waals surface area contributed by atoms with E-state index in [0.717, 1.165) is 38.7 Å². The van der Waals surface area contributed by atoms with Crippen LogP contribution in [0.3, 0.4) is 0 Å². The van der Waals surface area contributed by atoms with Crippen molar-refractivity contribution < 1.29 is 9.53 Å². The zero-order valence-electron chi connectivity index (χ0n) is 11.0. The fraction of sp³-hybridized carbons (Fsp3) is 0.933. The van der Waals surface area contributed by atoms with Gasteiger partial charge in [-0.2, -0.15) is 0 Å². The summed E-state index contributed by atoms with van der Waals surface area (Å²) in [5.41, 5.74) is 0. The molecule has 98 valence electrons. The molecule has 1 atom stereocenters. The van der Waals surface area contributed by atoms with Gasteiger partial charge in [-0.15, -0.1) is 0 Å². The molecule has 2 aliphatic rings. The van der Waals surface area contributed by atoms with E-state index in [4.69, 9.17) is 4.74 Å². The van der Waals surface area contributed by atoms with Crippen LogP contribution in [0.25, 0.3) is 0 Å². The molecule has 1 saturated carbocycles. The highest BCUT2D eigenvalue weighted by atomic mass is 16.5. The lowest BCUT2D eigenvalue weighted by atomic mass is 9.92. The van der Waals surface area contributed by atoms with Gasteiger partial charge < -0.3 is 4.74 Å². The second kappa shape index (κ2) is 7.15. The molecule has 1 unspecified atom stereocenters. The number of hydrogen-bond acceptors (Lipinski definition) is 2. The second-order valence-electron chi connectivity index (χ2n) is 5.68. The SMILES string of the molecule is O=C(CCCC1CCCO1)C1CCCCCC1. The van der Waals surface area contributed by atoms with Crippen LogP contribution in [0.2, 0.25) is 0 Å². The average molecular weight is 238 g/mol. The minimum absolute atomic E-state index is 0.391. The quantitative estimate of drug-likeness (QED) is 0.679. The molecule has 2 heteroatoms. The topological polar surface area (TPSA) is 26.3 Å². The average Bonchev–Trinajstić information content (AvgIpc) is 2.69. The lowest BCUT2D eigenvalue weighted by molar-refractivity contribution is -0.123. The molecule has 1 aliphatic heterocycles. The van der Waals surface area contributed by atoms with Crippen molar-refractivity contribution in [3.63, 3.8) is 0 Å². The largest absolute Gasteiger partial charge is 0.378 e. The molecule has 0 bridgehead atoms. The zero-order valence-corrected chi connectivity index (χ0v) is 11.0. The fourth-order valence-electron chi connectivity index (χ4n) is 3.18. The van der Waals surface area contributed by atoms with Gasteiger partial charge in [0.25, 0.3) is 0 Å². The Kier molecular flexibility index (Phi) is 5.50. The number of carbonyl (C=O) groups excluding carboxylic acids is 1. The van der Waals surface area contributed by atoms with Gasteiger partial charge in [-0.3, -0.25) is 4.79 Å². The van der Waals surface area contributed by atoms with Crippen LogP contribution in [-0.4, -0.2) is 18.5 Å². The molecule has 2 fully saturated rings. The van der Waals surface area contributed by atoms with E-state index in [0.29, 0.717) is 17.8 Å². The van der Waals surface area contributed by atoms with Gasteiger partial charge >= 0.3 is 0 Å². The van der Waals surface area contributed by atoms with Crippen molar-refractivity contribution in [1.82, 2.24) is 0 Å². The minimum atomic E-state index is 0.391. The van der Waals surface area contributed by atoms with Crippen molar-refractivity contribution >= 4 is 5.78 Å². The lowest BCUT2D eigenvalue weighted by Gasteiger charge is -2.13. The van der Waals surface area contributed by atoms with Crippen molar-refractivity contribution in [2.24, 2.45) is 5.92 Å². The third kappa shape index (κ3) is 4.42. The Morgan fingerprint density at radius 1 is 1.00 bits per heavy atom. The normalized spacial score (nSPS) is 26.9. The molecule has 0 radical (unpaired) electrons. The summed E-state index contributed by atoms with van der Waals surface area (Å²) in [6.07, 6.45) is 13.3. The van der Waals surface area contributed by atoms with Gasteiger partial charge in [-0.1, -0.05) is 25.7 Å². The summed E-state index contributed by atoms with van der Waals surface area (Å²) in [6, 6.07) is 0. The monoisotopic (exact) mass is 238 g/mol. The van der Waals surface area contributed by atoms with E-state index >= 15 is 0 Å². The molecule has 2 rings (SSSR count). The number of hydrogen-bond donors (Lipinski definition) is 0. The van der Waals surface area contributed by atoms with Crippen molar-refractivity contribution in [2.75, 3.05) is 6.61 Å². The molecular weight excluding hydrogens is 212 g/mol. The summed E-state index contributed by atoms with van der Waals surface area (Å²) in [5, 5.41) is 0. The van der Waals surface area contributed by atoms with E-state index in [1.54, 1.807) is 0 Å². The van der Waals surface area contributed by atoms with Crippen LogP contribution in [0.5, 0.6) is 0 Å². The zero-order chi connectivity index (χ0) is 11.9. The number of ether oxygens (including phenoxy) is 1. The van der Waals surface area contributed by atoms with Crippen LogP contribution in [0.15, 0.2) is 0 Å². The summed E-state index contributed by atoms with van der Waals surface area (Å²) in [7, 11) is 0. The van der Waals surface area contributed by atoms with Gasteiger partial charge in [0, 0.05) is 18.9 Å². The Bertz CT molecular complexity index is 223. The Labute approximate surface area is 105 Å². The first-order valence-electron chi connectivity index (χ1n) is 7.50. The Morgan fingerprint density at radius 3 is 2.41 bits per heavy atom. The van der Waals surface area contributed by atoms with Gasteiger partial charge in [0.1, 0.15) is 5.78 Å².